The number of piperidine rings is 1. The first-order chi connectivity index (χ1) is 23.7. The molecule has 0 aliphatic carbocycles. The Balaban J connectivity index is 1.70. The highest BCUT2D eigenvalue weighted by atomic mass is 16.7. The van der Waals surface area contributed by atoms with Gasteiger partial charge in [0.15, 0.2) is 6.61 Å². The van der Waals surface area contributed by atoms with Crippen LogP contribution in [0.5, 0.6) is 11.5 Å². The number of amides is 4. The highest BCUT2D eigenvalue weighted by Gasteiger charge is 2.31. The van der Waals surface area contributed by atoms with E-state index in [-0.39, 0.29) is 37.0 Å². The number of benzene rings is 2. The average molecular weight is 699 g/mol. The molecular formula is C35H46N4O11. The number of ether oxygens (including phenoxy) is 4. The van der Waals surface area contributed by atoms with Gasteiger partial charge in [0.1, 0.15) is 30.2 Å². The summed E-state index contributed by atoms with van der Waals surface area (Å²) in [7, 11) is 0. The van der Waals surface area contributed by atoms with E-state index in [0.717, 1.165) is 5.56 Å². The predicted molar refractivity (Wildman–Crippen MR) is 178 cm³/mol. The van der Waals surface area contributed by atoms with Crippen LogP contribution in [0.4, 0.5) is 4.79 Å². The third kappa shape index (κ3) is 12.7. The van der Waals surface area contributed by atoms with Crippen LogP contribution >= 0.6 is 0 Å². The minimum atomic E-state index is -1.37. The molecule has 15 nitrogen and oxygen atoms in total. The first-order valence-corrected chi connectivity index (χ1v) is 16.4. The fourth-order valence-electron chi connectivity index (χ4n) is 5.20. The summed E-state index contributed by atoms with van der Waals surface area (Å²) < 4.78 is 21.2. The van der Waals surface area contributed by atoms with Crippen molar-refractivity contribution >= 4 is 35.8 Å². The molecule has 2 aromatic rings. The van der Waals surface area contributed by atoms with E-state index < -0.39 is 60.7 Å². The SMILES string of the molecule is Cc1ccccc1OCC(=O)N[C@@H](CC(C)C)C(=O)N[C@@H](Cc1ccc(OC(=O)N2CCC(C(N)=O)CC2)cc1)C(=O)OC(C)OC(=O)CO. The Kier molecular flexibility index (Phi) is 15.0. The third-order valence-electron chi connectivity index (χ3n) is 7.84. The smallest absolute Gasteiger partial charge is 0.415 e. The van der Waals surface area contributed by atoms with Crippen LogP contribution in [0.25, 0.3) is 0 Å². The number of aliphatic hydroxyl groups is 1. The van der Waals surface area contributed by atoms with E-state index in [1.54, 1.807) is 24.3 Å². The van der Waals surface area contributed by atoms with Gasteiger partial charge in [0, 0.05) is 32.4 Å². The van der Waals surface area contributed by atoms with Crippen molar-refractivity contribution in [1.29, 1.82) is 0 Å². The monoisotopic (exact) mass is 698 g/mol. The molecule has 0 bridgehead atoms. The van der Waals surface area contributed by atoms with Crippen molar-refractivity contribution < 1.29 is 52.8 Å². The van der Waals surface area contributed by atoms with Crippen LogP contribution in [0.15, 0.2) is 48.5 Å². The lowest BCUT2D eigenvalue weighted by atomic mass is 9.97. The lowest BCUT2D eigenvalue weighted by molar-refractivity contribution is -0.188. The molecule has 3 atom stereocenters. The molecule has 3 rings (SSSR count). The number of aliphatic hydroxyl groups excluding tert-OH is 1. The highest BCUT2D eigenvalue weighted by Crippen LogP contribution is 2.20. The number of carbonyl (C=O) groups is 6. The third-order valence-corrected chi connectivity index (χ3v) is 7.84. The fourth-order valence-corrected chi connectivity index (χ4v) is 5.20. The molecule has 0 aromatic heterocycles. The summed E-state index contributed by atoms with van der Waals surface area (Å²) in [6.07, 6.45) is -0.891. The van der Waals surface area contributed by atoms with E-state index >= 15 is 0 Å². The number of nitrogens with zero attached hydrogens (tertiary/aromatic N) is 1. The minimum Gasteiger partial charge on any atom is -0.484 e. The summed E-state index contributed by atoms with van der Waals surface area (Å²) in [6.45, 7) is 6.26. The lowest BCUT2D eigenvalue weighted by Crippen LogP contribution is -2.54. The van der Waals surface area contributed by atoms with Gasteiger partial charge in [-0.15, -0.1) is 0 Å². The molecule has 1 saturated heterocycles. The van der Waals surface area contributed by atoms with Gasteiger partial charge in [-0.25, -0.2) is 14.4 Å². The number of hydrogen-bond acceptors (Lipinski definition) is 11. The van der Waals surface area contributed by atoms with Gasteiger partial charge in [-0.2, -0.15) is 0 Å². The average Bonchev–Trinajstić information content (AvgIpc) is 3.07. The van der Waals surface area contributed by atoms with Crippen molar-refractivity contribution in [1.82, 2.24) is 15.5 Å². The van der Waals surface area contributed by atoms with Gasteiger partial charge in [-0.1, -0.05) is 44.2 Å². The number of likely N-dealkylation sites (tertiary alicyclic amines) is 1. The maximum absolute atomic E-state index is 13.6. The lowest BCUT2D eigenvalue weighted by Gasteiger charge is -2.29. The molecule has 1 aliphatic rings. The Labute approximate surface area is 290 Å². The van der Waals surface area contributed by atoms with Crippen LogP contribution in [0.3, 0.4) is 0 Å². The van der Waals surface area contributed by atoms with Gasteiger partial charge in [-0.3, -0.25) is 14.4 Å². The molecule has 1 heterocycles. The summed E-state index contributed by atoms with van der Waals surface area (Å²) >= 11 is 0. The van der Waals surface area contributed by atoms with Crippen LogP contribution in [-0.4, -0.2) is 90.4 Å². The number of nitrogens with one attached hydrogen (secondary N) is 2. The highest BCUT2D eigenvalue weighted by molar-refractivity contribution is 5.91. The van der Waals surface area contributed by atoms with Gasteiger partial charge < -0.3 is 45.3 Å². The first kappa shape index (κ1) is 39.3. The van der Waals surface area contributed by atoms with E-state index in [0.29, 0.717) is 37.2 Å². The van der Waals surface area contributed by atoms with Gasteiger partial charge in [-0.05, 0) is 61.4 Å². The molecule has 15 heteroatoms. The van der Waals surface area contributed by atoms with Crippen LogP contribution in [0, 0.1) is 18.8 Å². The van der Waals surface area contributed by atoms with Crippen LogP contribution in [0.1, 0.15) is 51.2 Å². The maximum Gasteiger partial charge on any atom is 0.415 e. The zero-order valence-electron chi connectivity index (χ0n) is 28.7. The number of nitrogens with two attached hydrogens (primary N) is 1. The van der Waals surface area contributed by atoms with E-state index in [2.05, 4.69) is 10.6 Å². The Morgan fingerprint density at radius 2 is 1.58 bits per heavy atom. The largest absolute Gasteiger partial charge is 0.484 e. The van der Waals surface area contributed by atoms with E-state index in [9.17, 15) is 28.8 Å². The van der Waals surface area contributed by atoms with Crippen LogP contribution < -0.4 is 25.8 Å². The second-order valence-corrected chi connectivity index (χ2v) is 12.4. The Bertz CT molecular complexity index is 1490. The quantitative estimate of drug-likeness (QED) is 0.146. The summed E-state index contributed by atoms with van der Waals surface area (Å²) in [5.41, 5.74) is 6.75. The van der Waals surface area contributed by atoms with Crippen LogP contribution in [-0.2, 0) is 39.9 Å². The molecule has 272 valence electrons. The van der Waals surface area contributed by atoms with Gasteiger partial charge in [0.25, 0.3) is 5.91 Å². The molecule has 1 aliphatic heterocycles. The molecule has 4 amide bonds. The van der Waals surface area contributed by atoms with Crippen LogP contribution in [0.2, 0.25) is 0 Å². The molecule has 2 aromatic carbocycles. The zero-order valence-corrected chi connectivity index (χ0v) is 28.7. The Morgan fingerprint density at radius 1 is 0.920 bits per heavy atom. The molecule has 1 fully saturated rings. The first-order valence-electron chi connectivity index (χ1n) is 16.4. The number of rotatable bonds is 16. The second kappa shape index (κ2) is 19.1. The summed E-state index contributed by atoms with van der Waals surface area (Å²) in [4.78, 5) is 76.7. The van der Waals surface area contributed by atoms with Crippen molar-refractivity contribution in [3.8, 4) is 11.5 Å². The number of primary amides is 1. The summed E-state index contributed by atoms with van der Waals surface area (Å²) in [5, 5.41) is 14.3. The number of hydrogen-bond donors (Lipinski definition) is 4. The van der Waals surface area contributed by atoms with E-state index in [4.69, 9.17) is 29.8 Å². The van der Waals surface area contributed by atoms with Crippen molar-refractivity contribution in [2.75, 3.05) is 26.3 Å². The molecule has 1 unspecified atom stereocenters. The topological polar surface area (TPSA) is 213 Å². The maximum atomic E-state index is 13.6. The summed E-state index contributed by atoms with van der Waals surface area (Å²) in [5.74, 6) is -3.08. The molecule has 5 N–H and O–H groups in total. The number of para-hydroxylation sites is 1. The number of esters is 2. The van der Waals surface area contributed by atoms with Crippen molar-refractivity contribution in [2.24, 2.45) is 17.6 Å². The predicted octanol–water partition coefficient (Wildman–Crippen LogP) is 1.75. The van der Waals surface area contributed by atoms with Gasteiger partial charge >= 0.3 is 18.0 Å². The van der Waals surface area contributed by atoms with Gasteiger partial charge in [0.2, 0.25) is 18.1 Å². The van der Waals surface area contributed by atoms with Gasteiger partial charge in [0.05, 0.1) is 0 Å². The van der Waals surface area contributed by atoms with Crippen molar-refractivity contribution in [3.63, 3.8) is 0 Å². The normalized spacial score (nSPS) is 14.9. The van der Waals surface area contributed by atoms with Crippen molar-refractivity contribution in [2.45, 2.75) is 71.8 Å². The zero-order chi connectivity index (χ0) is 36.8. The molecule has 0 saturated carbocycles. The molecule has 50 heavy (non-hydrogen) atoms. The van der Waals surface area contributed by atoms with E-state index in [1.807, 2.05) is 32.9 Å². The Hall–Kier alpha value is -5.18. The Morgan fingerprint density at radius 3 is 2.18 bits per heavy atom. The summed E-state index contributed by atoms with van der Waals surface area (Å²) in [6, 6.07) is 11.1. The number of aryl methyl sites for hydroxylation is 1. The molecule has 0 spiro atoms. The molecule has 0 radical (unpaired) electrons. The fraction of sp³-hybridized carbons (Fsp3) is 0.486. The number of carbonyl (C=O) groups excluding carboxylic acids is 6. The molecular weight excluding hydrogens is 652 g/mol. The standard InChI is InChI=1S/C35H46N4O11/c1-21(2)17-27(37-30(41)20-47-29-8-6-5-7-22(29)3)33(44)38-28(34(45)49-23(4)48-31(42)19-40)18-24-9-11-26(12-10-24)50-35(46)39-15-13-25(14-16-39)32(36)43/h5-12,21,23,25,27-28,40H,13-20H2,1-4H3,(H2,36,43)(H,37,41)(H,38,44)/t23?,27-,28-/m0/s1. The second-order valence-electron chi connectivity index (χ2n) is 12.4. The van der Waals surface area contributed by atoms with E-state index in [1.165, 1.54) is 24.0 Å². The van der Waals surface area contributed by atoms with Crippen molar-refractivity contribution in [3.05, 3.63) is 59.7 Å². The minimum absolute atomic E-state index is 0.0172.